The molecule has 1 saturated carbocycles. The van der Waals surface area contributed by atoms with Crippen molar-refractivity contribution in [2.45, 2.75) is 51.1 Å². The number of hydrogen-bond donors (Lipinski definition) is 2. The second kappa shape index (κ2) is 6.64. The highest BCUT2D eigenvalue weighted by Crippen LogP contribution is 2.22. The van der Waals surface area contributed by atoms with Crippen LogP contribution in [0.4, 0.5) is 0 Å². The minimum atomic E-state index is 0.0365. The molecule has 2 aliphatic rings. The number of carbonyl (C=O) groups is 1. The molecule has 0 spiro atoms. The van der Waals surface area contributed by atoms with Crippen molar-refractivity contribution in [2.24, 2.45) is 5.92 Å². The molecule has 0 aromatic heterocycles. The molecule has 17 heavy (non-hydrogen) atoms. The van der Waals surface area contributed by atoms with E-state index >= 15 is 0 Å². The Morgan fingerprint density at radius 1 is 1.29 bits per heavy atom. The van der Waals surface area contributed by atoms with Crippen molar-refractivity contribution in [3.8, 4) is 0 Å². The van der Waals surface area contributed by atoms with Crippen LogP contribution in [0, 0.1) is 5.92 Å². The molecule has 4 heteroatoms. The predicted molar refractivity (Wildman–Crippen MR) is 73.3 cm³/mol. The Labute approximate surface area is 108 Å². The van der Waals surface area contributed by atoms with Crippen LogP contribution in [-0.2, 0) is 4.79 Å². The molecule has 2 rings (SSSR count). The number of rotatable bonds is 2. The van der Waals surface area contributed by atoms with Crippen LogP contribution in [0.3, 0.4) is 0 Å². The molecule has 2 fully saturated rings. The molecule has 0 aromatic carbocycles. The van der Waals surface area contributed by atoms with Crippen LogP contribution in [0.1, 0.15) is 39.0 Å². The van der Waals surface area contributed by atoms with E-state index in [1.165, 1.54) is 19.3 Å². The normalized spacial score (nSPS) is 35.0. The highest BCUT2D eigenvalue weighted by atomic mass is 32.2. The smallest absolute Gasteiger partial charge is 0.238 e. The summed E-state index contributed by atoms with van der Waals surface area (Å²) in [6.07, 6.45) is 6.17. The summed E-state index contributed by atoms with van der Waals surface area (Å²) in [4.78, 5) is 12.1. The summed E-state index contributed by atoms with van der Waals surface area (Å²) < 4.78 is 0. The number of hydrogen-bond acceptors (Lipinski definition) is 3. The molecule has 3 atom stereocenters. The Bertz CT molecular complexity index is 254. The van der Waals surface area contributed by atoms with Crippen molar-refractivity contribution in [1.29, 1.82) is 0 Å². The molecule has 1 amide bonds. The first kappa shape index (κ1) is 13.2. The SMILES string of the molecule is CC1CCCC(NC(=O)C2CSCCN2)CC1. The average molecular weight is 256 g/mol. The summed E-state index contributed by atoms with van der Waals surface area (Å²) in [5, 5.41) is 6.53. The van der Waals surface area contributed by atoms with Gasteiger partial charge in [-0.15, -0.1) is 0 Å². The summed E-state index contributed by atoms with van der Waals surface area (Å²) in [6, 6.07) is 0.454. The second-order valence-electron chi connectivity index (χ2n) is 5.40. The maximum atomic E-state index is 12.1. The lowest BCUT2D eigenvalue weighted by Crippen LogP contribution is -2.51. The standard InChI is InChI=1S/C13H24N2OS/c1-10-3-2-4-11(6-5-10)15-13(16)12-9-17-8-7-14-12/h10-12,14H,2-9H2,1H3,(H,15,16). The van der Waals surface area contributed by atoms with Gasteiger partial charge in [-0.2, -0.15) is 11.8 Å². The first-order valence-corrected chi connectivity index (χ1v) is 8.02. The zero-order valence-corrected chi connectivity index (χ0v) is 11.5. The van der Waals surface area contributed by atoms with Gasteiger partial charge in [-0.05, 0) is 25.2 Å². The molecular formula is C13H24N2OS. The van der Waals surface area contributed by atoms with E-state index in [1.54, 1.807) is 0 Å². The fourth-order valence-electron chi connectivity index (χ4n) is 2.67. The highest BCUT2D eigenvalue weighted by molar-refractivity contribution is 7.99. The fraction of sp³-hybridized carbons (Fsp3) is 0.923. The maximum Gasteiger partial charge on any atom is 0.238 e. The van der Waals surface area contributed by atoms with Gasteiger partial charge in [0, 0.05) is 24.1 Å². The van der Waals surface area contributed by atoms with Gasteiger partial charge in [0.05, 0.1) is 6.04 Å². The third-order valence-electron chi connectivity index (χ3n) is 3.84. The molecule has 98 valence electrons. The first-order valence-electron chi connectivity index (χ1n) is 6.87. The van der Waals surface area contributed by atoms with Crippen LogP contribution in [0.5, 0.6) is 0 Å². The third kappa shape index (κ3) is 4.18. The van der Waals surface area contributed by atoms with Gasteiger partial charge in [-0.1, -0.05) is 19.8 Å². The Morgan fingerprint density at radius 3 is 2.94 bits per heavy atom. The molecule has 1 saturated heterocycles. The number of thioether (sulfide) groups is 1. The summed E-state index contributed by atoms with van der Waals surface area (Å²) in [5.74, 6) is 3.11. The fourth-order valence-corrected chi connectivity index (χ4v) is 3.60. The zero-order valence-electron chi connectivity index (χ0n) is 10.7. The zero-order chi connectivity index (χ0) is 12.1. The summed E-state index contributed by atoms with van der Waals surface area (Å²) >= 11 is 1.87. The lowest BCUT2D eigenvalue weighted by Gasteiger charge is -2.25. The van der Waals surface area contributed by atoms with Crippen LogP contribution < -0.4 is 10.6 Å². The largest absolute Gasteiger partial charge is 0.352 e. The van der Waals surface area contributed by atoms with Gasteiger partial charge in [-0.25, -0.2) is 0 Å². The minimum absolute atomic E-state index is 0.0365. The van der Waals surface area contributed by atoms with E-state index < -0.39 is 0 Å². The maximum absolute atomic E-state index is 12.1. The van der Waals surface area contributed by atoms with Crippen molar-refractivity contribution in [3.05, 3.63) is 0 Å². The molecule has 0 bridgehead atoms. The van der Waals surface area contributed by atoms with Gasteiger partial charge in [-0.3, -0.25) is 4.79 Å². The summed E-state index contributed by atoms with van der Waals surface area (Å²) in [5.41, 5.74) is 0. The van der Waals surface area contributed by atoms with Gasteiger partial charge in [0.2, 0.25) is 5.91 Å². The molecule has 1 aliphatic heterocycles. The van der Waals surface area contributed by atoms with E-state index in [-0.39, 0.29) is 11.9 Å². The molecular weight excluding hydrogens is 232 g/mol. The lowest BCUT2D eigenvalue weighted by atomic mass is 10.0. The van der Waals surface area contributed by atoms with E-state index in [2.05, 4.69) is 17.6 Å². The van der Waals surface area contributed by atoms with Crippen LogP contribution >= 0.6 is 11.8 Å². The van der Waals surface area contributed by atoms with Crippen LogP contribution in [0.25, 0.3) is 0 Å². The topological polar surface area (TPSA) is 41.1 Å². The molecule has 3 unspecified atom stereocenters. The van der Waals surface area contributed by atoms with E-state index in [0.29, 0.717) is 6.04 Å². The molecule has 1 aliphatic carbocycles. The van der Waals surface area contributed by atoms with Gasteiger partial charge in [0.1, 0.15) is 0 Å². The van der Waals surface area contributed by atoms with E-state index in [4.69, 9.17) is 0 Å². The molecule has 0 radical (unpaired) electrons. The Kier molecular flexibility index (Phi) is 5.16. The van der Waals surface area contributed by atoms with E-state index in [1.807, 2.05) is 11.8 Å². The molecule has 1 heterocycles. The molecule has 3 nitrogen and oxygen atoms in total. The van der Waals surface area contributed by atoms with Gasteiger partial charge in [0.15, 0.2) is 0 Å². The number of carbonyl (C=O) groups excluding carboxylic acids is 1. The average Bonchev–Trinajstić information content (AvgIpc) is 2.56. The van der Waals surface area contributed by atoms with Crippen molar-refractivity contribution in [2.75, 3.05) is 18.1 Å². The van der Waals surface area contributed by atoms with Crippen molar-refractivity contribution in [3.63, 3.8) is 0 Å². The Balaban J connectivity index is 1.76. The number of nitrogens with one attached hydrogen (secondary N) is 2. The molecule has 2 N–H and O–H groups in total. The van der Waals surface area contributed by atoms with E-state index in [0.717, 1.165) is 36.8 Å². The van der Waals surface area contributed by atoms with E-state index in [9.17, 15) is 4.79 Å². The summed E-state index contributed by atoms with van der Waals surface area (Å²) in [7, 11) is 0. The van der Waals surface area contributed by atoms with Crippen molar-refractivity contribution in [1.82, 2.24) is 10.6 Å². The number of amides is 1. The monoisotopic (exact) mass is 256 g/mol. The third-order valence-corrected chi connectivity index (χ3v) is 4.90. The minimum Gasteiger partial charge on any atom is -0.352 e. The van der Waals surface area contributed by atoms with Crippen molar-refractivity contribution >= 4 is 17.7 Å². The second-order valence-corrected chi connectivity index (χ2v) is 6.55. The highest BCUT2D eigenvalue weighted by Gasteiger charge is 2.24. The van der Waals surface area contributed by atoms with Gasteiger partial charge >= 0.3 is 0 Å². The van der Waals surface area contributed by atoms with Gasteiger partial charge < -0.3 is 10.6 Å². The first-order chi connectivity index (χ1) is 8.25. The van der Waals surface area contributed by atoms with Crippen LogP contribution in [0.15, 0.2) is 0 Å². The summed E-state index contributed by atoms with van der Waals surface area (Å²) in [6.45, 7) is 3.29. The van der Waals surface area contributed by atoms with Gasteiger partial charge in [0.25, 0.3) is 0 Å². The predicted octanol–water partition coefficient (Wildman–Crippen LogP) is 1.78. The quantitative estimate of drug-likeness (QED) is 0.740. The lowest BCUT2D eigenvalue weighted by molar-refractivity contribution is -0.123. The molecule has 0 aromatic rings. The van der Waals surface area contributed by atoms with Crippen molar-refractivity contribution < 1.29 is 4.79 Å². The Morgan fingerprint density at radius 2 is 2.18 bits per heavy atom. The Hall–Kier alpha value is -0.220. The van der Waals surface area contributed by atoms with Crippen LogP contribution in [0.2, 0.25) is 0 Å². The van der Waals surface area contributed by atoms with Crippen LogP contribution in [-0.4, -0.2) is 36.0 Å².